The highest BCUT2D eigenvalue weighted by atomic mass is 16.5. The predicted molar refractivity (Wildman–Crippen MR) is 107 cm³/mol. The molecular formula is C21H36N3O2+. The van der Waals surface area contributed by atoms with Gasteiger partial charge in [-0.3, -0.25) is 4.79 Å². The standard InChI is InChI=1S/C21H35N3O2/c1-17(2)6-5-7-18(3)22-21(25)16-23-12-14-24(15-13-23)19-8-10-20(26-4)11-9-19/h8-11,17-18H,5-7,12-16H2,1-4H3,(H,22,25)/p+1/t18-/m0/s1. The number of carbonyl (C=O) groups is 1. The lowest BCUT2D eigenvalue weighted by Gasteiger charge is -2.33. The topological polar surface area (TPSA) is 46.0 Å². The molecule has 0 saturated carbocycles. The van der Waals surface area contributed by atoms with Crippen LogP contribution in [0.15, 0.2) is 24.3 Å². The van der Waals surface area contributed by atoms with Gasteiger partial charge in [0.25, 0.3) is 5.91 Å². The van der Waals surface area contributed by atoms with Crippen LogP contribution in [0.1, 0.15) is 40.0 Å². The van der Waals surface area contributed by atoms with Crippen LogP contribution < -0.4 is 19.9 Å². The Morgan fingerprint density at radius 3 is 2.38 bits per heavy atom. The molecule has 1 aromatic rings. The molecule has 0 radical (unpaired) electrons. The molecule has 5 nitrogen and oxygen atoms in total. The number of benzene rings is 1. The van der Waals surface area contributed by atoms with Crippen molar-refractivity contribution in [1.29, 1.82) is 0 Å². The molecule has 1 saturated heterocycles. The molecule has 1 aliphatic heterocycles. The Bertz CT molecular complexity index is 537. The minimum Gasteiger partial charge on any atom is -0.497 e. The fraction of sp³-hybridized carbons (Fsp3) is 0.667. The van der Waals surface area contributed by atoms with Crippen molar-refractivity contribution in [2.75, 3.05) is 44.7 Å². The van der Waals surface area contributed by atoms with E-state index < -0.39 is 0 Å². The van der Waals surface area contributed by atoms with E-state index in [4.69, 9.17) is 4.74 Å². The van der Waals surface area contributed by atoms with Crippen molar-refractivity contribution in [1.82, 2.24) is 5.32 Å². The first-order chi connectivity index (χ1) is 12.5. The summed E-state index contributed by atoms with van der Waals surface area (Å²) in [5.41, 5.74) is 1.23. The van der Waals surface area contributed by atoms with Gasteiger partial charge in [-0.15, -0.1) is 0 Å². The van der Waals surface area contributed by atoms with Crippen molar-refractivity contribution >= 4 is 11.6 Å². The first-order valence-corrected chi connectivity index (χ1v) is 10.00. The third kappa shape index (κ3) is 6.87. The largest absolute Gasteiger partial charge is 0.497 e. The summed E-state index contributed by atoms with van der Waals surface area (Å²) < 4.78 is 5.22. The predicted octanol–water partition coefficient (Wildman–Crippen LogP) is 1.73. The van der Waals surface area contributed by atoms with Gasteiger partial charge in [0, 0.05) is 11.7 Å². The average molecular weight is 363 g/mol. The molecule has 2 rings (SSSR count). The van der Waals surface area contributed by atoms with E-state index in [0.29, 0.717) is 6.54 Å². The van der Waals surface area contributed by atoms with Gasteiger partial charge < -0.3 is 19.9 Å². The molecule has 1 amide bonds. The van der Waals surface area contributed by atoms with E-state index in [1.54, 1.807) is 7.11 Å². The van der Waals surface area contributed by atoms with Gasteiger partial charge >= 0.3 is 0 Å². The van der Waals surface area contributed by atoms with E-state index in [9.17, 15) is 4.79 Å². The second kappa shape index (κ2) is 10.4. The van der Waals surface area contributed by atoms with Crippen LogP contribution in [-0.4, -0.2) is 51.8 Å². The Morgan fingerprint density at radius 2 is 1.81 bits per heavy atom. The molecule has 1 aromatic carbocycles. The van der Waals surface area contributed by atoms with Gasteiger partial charge in [-0.1, -0.05) is 26.7 Å². The number of nitrogens with zero attached hydrogens (tertiary/aromatic N) is 1. The van der Waals surface area contributed by atoms with Crippen LogP contribution in [0.2, 0.25) is 0 Å². The highest BCUT2D eigenvalue weighted by Gasteiger charge is 2.22. The number of methoxy groups -OCH3 is 1. The molecule has 146 valence electrons. The number of hydrogen-bond acceptors (Lipinski definition) is 3. The highest BCUT2D eigenvalue weighted by molar-refractivity contribution is 5.77. The molecule has 1 heterocycles. The first kappa shape index (κ1) is 20.6. The van der Waals surface area contributed by atoms with E-state index in [0.717, 1.165) is 44.3 Å². The molecule has 2 N–H and O–H groups in total. The summed E-state index contributed by atoms with van der Waals surface area (Å²) in [6.07, 6.45) is 3.50. The van der Waals surface area contributed by atoms with Gasteiger partial charge in [-0.25, -0.2) is 0 Å². The molecule has 0 bridgehead atoms. The van der Waals surface area contributed by atoms with Crippen LogP contribution >= 0.6 is 0 Å². The van der Waals surface area contributed by atoms with Crippen molar-refractivity contribution in [3.8, 4) is 5.75 Å². The van der Waals surface area contributed by atoms with E-state index in [1.807, 2.05) is 12.1 Å². The number of piperazine rings is 1. The van der Waals surface area contributed by atoms with Crippen molar-refractivity contribution < 1.29 is 14.4 Å². The Labute approximate surface area is 158 Å². The number of ether oxygens (including phenoxy) is 1. The number of nitrogens with one attached hydrogen (secondary N) is 2. The van der Waals surface area contributed by atoms with Gasteiger partial charge in [0.1, 0.15) is 5.75 Å². The van der Waals surface area contributed by atoms with Crippen molar-refractivity contribution in [3.05, 3.63) is 24.3 Å². The van der Waals surface area contributed by atoms with E-state index in [1.165, 1.54) is 23.4 Å². The van der Waals surface area contributed by atoms with Crippen LogP contribution in [0.25, 0.3) is 0 Å². The molecule has 0 aliphatic carbocycles. The zero-order valence-electron chi connectivity index (χ0n) is 16.9. The number of quaternary nitrogens is 1. The second-order valence-electron chi connectivity index (χ2n) is 7.91. The van der Waals surface area contributed by atoms with Gasteiger partial charge in [-0.2, -0.15) is 0 Å². The summed E-state index contributed by atoms with van der Waals surface area (Å²) in [6.45, 7) is 11.2. The van der Waals surface area contributed by atoms with Crippen LogP contribution in [0.4, 0.5) is 5.69 Å². The van der Waals surface area contributed by atoms with Gasteiger partial charge in [0.15, 0.2) is 6.54 Å². The minimum absolute atomic E-state index is 0.190. The number of hydrogen-bond donors (Lipinski definition) is 2. The van der Waals surface area contributed by atoms with E-state index in [-0.39, 0.29) is 11.9 Å². The maximum atomic E-state index is 12.3. The summed E-state index contributed by atoms with van der Waals surface area (Å²) in [5, 5.41) is 3.17. The Hall–Kier alpha value is -1.75. The molecule has 1 atom stereocenters. The average Bonchev–Trinajstić information content (AvgIpc) is 2.62. The second-order valence-corrected chi connectivity index (χ2v) is 7.91. The van der Waals surface area contributed by atoms with Gasteiger partial charge in [-0.05, 0) is 43.5 Å². The first-order valence-electron chi connectivity index (χ1n) is 10.00. The molecule has 1 aliphatic rings. The quantitative estimate of drug-likeness (QED) is 0.703. The molecule has 26 heavy (non-hydrogen) atoms. The lowest BCUT2D eigenvalue weighted by molar-refractivity contribution is -0.892. The monoisotopic (exact) mass is 362 g/mol. The van der Waals surface area contributed by atoms with Crippen molar-refractivity contribution in [2.24, 2.45) is 5.92 Å². The van der Waals surface area contributed by atoms with Gasteiger partial charge in [0.2, 0.25) is 0 Å². The van der Waals surface area contributed by atoms with Crippen LogP contribution in [0.5, 0.6) is 5.75 Å². The lowest BCUT2D eigenvalue weighted by Crippen LogP contribution is -3.16. The summed E-state index contributed by atoms with van der Waals surface area (Å²) in [4.78, 5) is 16.0. The lowest BCUT2D eigenvalue weighted by atomic mass is 10.0. The molecule has 1 fully saturated rings. The molecule has 0 spiro atoms. The van der Waals surface area contributed by atoms with E-state index >= 15 is 0 Å². The Morgan fingerprint density at radius 1 is 1.15 bits per heavy atom. The third-order valence-electron chi connectivity index (χ3n) is 5.14. The van der Waals surface area contributed by atoms with Crippen LogP contribution in [0, 0.1) is 5.92 Å². The normalized spacial score (nSPS) is 16.6. The SMILES string of the molecule is COc1ccc(N2CC[NH+](CC(=O)N[C@@H](C)CCCC(C)C)CC2)cc1. The molecule has 0 unspecified atom stereocenters. The highest BCUT2D eigenvalue weighted by Crippen LogP contribution is 2.18. The fourth-order valence-corrected chi connectivity index (χ4v) is 3.51. The number of carbonyl (C=O) groups excluding carboxylic acids is 1. The minimum atomic E-state index is 0.190. The molecule has 0 aromatic heterocycles. The molecule has 5 heteroatoms. The summed E-state index contributed by atoms with van der Waals surface area (Å²) in [5.74, 6) is 1.82. The maximum absolute atomic E-state index is 12.3. The summed E-state index contributed by atoms with van der Waals surface area (Å²) in [6, 6.07) is 8.50. The number of rotatable bonds is 9. The Balaban J connectivity index is 1.68. The summed E-state index contributed by atoms with van der Waals surface area (Å²) in [7, 11) is 1.69. The molecular weight excluding hydrogens is 326 g/mol. The van der Waals surface area contributed by atoms with Gasteiger partial charge in [0.05, 0.1) is 33.3 Å². The van der Waals surface area contributed by atoms with E-state index in [2.05, 4.69) is 43.1 Å². The zero-order chi connectivity index (χ0) is 18.9. The zero-order valence-corrected chi connectivity index (χ0v) is 16.9. The van der Waals surface area contributed by atoms with Crippen molar-refractivity contribution in [2.45, 2.75) is 46.1 Å². The van der Waals surface area contributed by atoms with Crippen LogP contribution in [0.3, 0.4) is 0 Å². The Kier molecular flexibility index (Phi) is 8.23. The maximum Gasteiger partial charge on any atom is 0.275 e. The number of anilines is 1. The summed E-state index contributed by atoms with van der Waals surface area (Å²) >= 11 is 0. The third-order valence-corrected chi connectivity index (χ3v) is 5.14. The van der Waals surface area contributed by atoms with Crippen LogP contribution in [-0.2, 0) is 4.79 Å². The van der Waals surface area contributed by atoms with Crippen molar-refractivity contribution in [3.63, 3.8) is 0 Å². The fourth-order valence-electron chi connectivity index (χ4n) is 3.51. The number of amides is 1. The smallest absolute Gasteiger partial charge is 0.275 e.